The van der Waals surface area contributed by atoms with Crippen LogP contribution in [0, 0.1) is 0 Å². The fourth-order valence-electron chi connectivity index (χ4n) is 1.50. The maximum Gasteiger partial charge on any atom is 0.274 e. The van der Waals surface area contributed by atoms with E-state index in [4.69, 9.17) is 10.2 Å². The van der Waals surface area contributed by atoms with E-state index >= 15 is 0 Å². The highest BCUT2D eigenvalue weighted by molar-refractivity contribution is 7.89. The van der Waals surface area contributed by atoms with E-state index < -0.39 is 10.0 Å². The van der Waals surface area contributed by atoms with Crippen LogP contribution in [-0.2, 0) is 16.6 Å². The van der Waals surface area contributed by atoms with Gasteiger partial charge in [-0.3, -0.25) is 0 Å². The molecule has 0 saturated carbocycles. The number of thiophene rings is 1. The van der Waals surface area contributed by atoms with Crippen LogP contribution in [0.5, 0.6) is 0 Å². The molecule has 2 rings (SSSR count). The van der Waals surface area contributed by atoms with Gasteiger partial charge in [0, 0.05) is 4.88 Å². The summed E-state index contributed by atoms with van der Waals surface area (Å²) in [4.78, 5) is 0.948. The first-order valence-corrected chi connectivity index (χ1v) is 7.74. The Balaban J connectivity index is 2.17. The third-order valence-electron chi connectivity index (χ3n) is 2.40. The number of nitrogens with one attached hydrogen (secondary N) is 1. The Morgan fingerprint density at radius 1 is 1.44 bits per heavy atom. The fourth-order valence-corrected chi connectivity index (χ4v) is 3.48. The monoisotopic (exact) mass is 286 g/mol. The van der Waals surface area contributed by atoms with Gasteiger partial charge in [0.15, 0.2) is 0 Å². The quantitative estimate of drug-likeness (QED) is 0.878. The highest BCUT2D eigenvalue weighted by atomic mass is 32.2. The fraction of sp³-hybridized carbons (Fsp3) is 0.273. The van der Waals surface area contributed by atoms with Crippen LogP contribution >= 0.6 is 11.3 Å². The van der Waals surface area contributed by atoms with E-state index in [1.165, 1.54) is 17.4 Å². The zero-order valence-corrected chi connectivity index (χ0v) is 11.4. The molecule has 1 atom stereocenters. The van der Waals surface area contributed by atoms with Gasteiger partial charge in [0.2, 0.25) is 5.09 Å². The highest BCUT2D eigenvalue weighted by Gasteiger charge is 2.22. The van der Waals surface area contributed by atoms with E-state index in [0.29, 0.717) is 5.76 Å². The molecular weight excluding hydrogens is 272 g/mol. The molecule has 0 amide bonds. The Morgan fingerprint density at radius 2 is 2.22 bits per heavy atom. The summed E-state index contributed by atoms with van der Waals surface area (Å²) >= 11 is 1.50. The van der Waals surface area contributed by atoms with Crippen molar-refractivity contribution >= 4 is 21.4 Å². The molecular formula is C11H14N2O3S2. The van der Waals surface area contributed by atoms with Crippen molar-refractivity contribution in [3.63, 3.8) is 0 Å². The van der Waals surface area contributed by atoms with Gasteiger partial charge < -0.3 is 10.2 Å². The predicted octanol–water partition coefficient (Wildman–Crippen LogP) is 1.84. The number of hydrogen-bond acceptors (Lipinski definition) is 5. The third kappa shape index (κ3) is 2.81. The van der Waals surface area contributed by atoms with Crippen LogP contribution in [0.25, 0.3) is 0 Å². The molecule has 7 heteroatoms. The second-order valence-corrected chi connectivity index (χ2v) is 6.41. The Morgan fingerprint density at radius 3 is 2.78 bits per heavy atom. The second-order valence-electron chi connectivity index (χ2n) is 3.78. The Hall–Kier alpha value is -1.15. The van der Waals surface area contributed by atoms with Gasteiger partial charge in [-0.2, -0.15) is 0 Å². The summed E-state index contributed by atoms with van der Waals surface area (Å²) in [5, 5.41) is 1.80. The van der Waals surface area contributed by atoms with Crippen molar-refractivity contribution in [3.05, 3.63) is 40.3 Å². The molecule has 0 fully saturated rings. The predicted molar refractivity (Wildman–Crippen MR) is 69.7 cm³/mol. The Bertz CT molecular complexity index is 602. The minimum atomic E-state index is -3.64. The summed E-state index contributed by atoms with van der Waals surface area (Å²) in [7, 11) is -3.64. The molecule has 2 aromatic heterocycles. The van der Waals surface area contributed by atoms with E-state index in [-0.39, 0.29) is 17.7 Å². The van der Waals surface area contributed by atoms with Crippen LogP contribution < -0.4 is 10.5 Å². The summed E-state index contributed by atoms with van der Waals surface area (Å²) in [5.74, 6) is 0.444. The largest absolute Gasteiger partial charge is 0.447 e. The van der Waals surface area contributed by atoms with Gasteiger partial charge >= 0.3 is 0 Å². The summed E-state index contributed by atoms with van der Waals surface area (Å²) in [6.07, 6.45) is 0. The molecule has 2 heterocycles. The highest BCUT2D eigenvalue weighted by Crippen LogP contribution is 2.21. The van der Waals surface area contributed by atoms with Crippen molar-refractivity contribution in [1.29, 1.82) is 0 Å². The van der Waals surface area contributed by atoms with Crippen molar-refractivity contribution in [1.82, 2.24) is 4.72 Å². The van der Waals surface area contributed by atoms with E-state index in [1.54, 1.807) is 13.0 Å². The molecule has 0 spiro atoms. The van der Waals surface area contributed by atoms with Crippen LogP contribution in [0.3, 0.4) is 0 Å². The topological polar surface area (TPSA) is 85.3 Å². The Labute approximate surface area is 110 Å². The number of nitrogens with two attached hydrogens (primary N) is 1. The van der Waals surface area contributed by atoms with Crippen LogP contribution in [0.1, 0.15) is 23.6 Å². The molecule has 0 bridgehead atoms. The molecule has 0 aliphatic carbocycles. The van der Waals surface area contributed by atoms with Gasteiger partial charge in [0.1, 0.15) is 5.76 Å². The lowest BCUT2D eigenvalue weighted by atomic mass is 10.3. The zero-order valence-electron chi connectivity index (χ0n) is 9.79. The van der Waals surface area contributed by atoms with Gasteiger partial charge in [0.05, 0.1) is 12.6 Å². The summed E-state index contributed by atoms with van der Waals surface area (Å²) < 4.78 is 31.8. The van der Waals surface area contributed by atoms with Gasteiger partial charge in [-0.25, -0.2) is 13.1 Å². The van der Waals surface area contributed by atoms with Crippen LogP contribution in [-0.4, -0.2) is 8.42 Å². The van der Waals surface area contributed by atoms with E-state index in [2.05, 4.69) is 4.72 Å². The van der Waals surface area contributed by atoms with Crippen LogP contribution in [0.15, 0.2) is 39.2 Å². The first-order valence-electron chi connectivity index (χ1n) is 5.37. The first kappa shape index (κ1) is 13.3. The molecule has 3 N–H and O–H groups in total. The summed E-state index contributed by atoms with van der Waals surface area (Å²) in [5.41, 5.74) is 5.38. The molecule has 98 valence electrons. The lowest BCUT2D eigenvalue weighted by Gasteiger charge is -2.10. The minimum Gasteiger partial charge on any atom is -0.447 e. The van der Waals surface area contributed by atoms with Gasteiger partial charge in [-0.05, 0) is 30.5 Å². The number of furan rings is 1. The number of sulfonamides is 1. The standard InChI is InChI=1S/C11H14N2O3S2/c1-8(10-3-2-6-17-10)13-18(14,15)11-5-4-9(7-12)16-11/h2-6,8,13H,7,12H2,1H3. The average Bonchev–Trinajstić information content (AvgIpc) is 3.00. The zero-order chi connectivity index (χ0) is 13.2. The van der Waals surface area contributed by atoms with Crippen LogP contribution in [0.4, 0.5) is 0 Å². The van der Waals surface area contributed by atoms with Crippen molar-refractivity contribution < 1.29 is 12.8 Å². The molecule has 2 aromatic rings. The van der Waals surface area contributed by atoms with Gasteiger partial charge in [-0.15, -0.1) is 11.3 Å². The molecule has 0 aromatic carbocycles. The maximum absolute atomic E-state index is 12.0. The molecule has 1 unspecified atom stereocenters. The van der Waals surface area contributed by atoms with Crippen molar-refractivity contribution in [2.45, 2.75) is 24.6 Å². The van der Waals surface area contributed by atoms with E-state index in [9.17, 15) is 8.42 Å². The normalized spacial score (nSPS) is 13.7. The van der Waals surface area contributed by atoms with Crippen molar-refractivity contribution in [2.75, 3.05) is 0 Å². The van der Waals surface area contributed by atoms with Gasteiger partial charge in [-0.1, -0.05) is 6.07 Å². The lowest BCUT2D eigenvalue weighted by Crippen LogP contribution is -2.26. The van der Waals surface area contributed by atoms with Gasteiger partial charge in [0.25, 0.3) is 10.0 Å². The van der Waals surface area contributed by atoms with Crippen molar-refractivity contribution in [2.24, 2.45) is 5.73 Å². The van der Waals surface area contributed by atoms with E-state index in [0.717, 1.165) is 4.88 Å². The average molecular weight is 286 g/mol. The summed E-state index contributed by atoms with van der Waals surface area (Å²) in [6, 6.07) is 6.44. The molecule has 0 saturated heterocycles. The van der Waals surface area contributed by atoms with Crippen molar-refractivity contribution in [3.8, 4) is 0 Å². The molecule has 18 heavy (non-hydrogen) atoms. The van der Waals surface area contributed by atoms with Crippen LogP contribution in [0.2, 0.25) is 0 Å². The molecule has 0 aliphatic rings. The first-order chi connectivity index (χ1) is 8.53. The minimum absolute atomic E-state index is 0.105. The Kier molecular flexibility index (Phi) is 3.86. The number of rotatable bonds is 5. The number of hydrogen-bond donors (Lipinski definition) is 2. The lowest BCUT2D eigenvalue weighted by molar-refractivity contribution is 0.411. The van der Waals surface area contributed by atoms with E-state index in [1.807, 2.05) is 17.5 Å². The summed E-state index contributed by atoms with van der Waals surface area (Å²) in [6.45, 7) is 1.96. The molecule has 0 radical (unpaired) electrons. The SMILES string of the molecule is CC(NS(=O)(=O)c1ccc(CN)o1)c1cccs1. The molecule has 5 nitrogen and oxygen atoms in total. The molecule has 0 aliphatic heterocycles. The maximum atomic E-state index is 12.0. The third-order valence-corrected chi connectivity index (χ3v) is 4.87. The second kappa shape index (κ2) is 5.23. The smallest absolute Gasteiger partial charge is 0.274 e.